The van der Waals surface area contributed by atoms with Gasteiger partial charge in [0.1, 0.15) is 0 Å². The van der Waals surface area contributed by atoms with E-state index in [4.69, 9.17) is 16.3 Å². The van der Waals surface area contributed by atoms with Gasteiger partial charge < -0.3 is 4.74 Å². The molecule has 0 aliphatic carbocycles. The standard InChI is InChI=1S/C25H17BrClNO3/c1-15-5-7-16(8-6-15)22-13-20(19-3-2-4-21(27)24(19)28-22)25(30)31-14-23(29)17-9-11-18(26)12-10-17/h2-13H,14H2,1H3. The van der Waals surface area contributed by atoms with Crippen molar-refractivity contribution in [2.75, 3.05) is 6.61 Å². The molecule has 0 N–H and O–H groups in total. The summed E-state index contributed by atoms with van der Waals surface area (Å²) in [5, 5.41) is 1.01. The molecule has 0 unspecified atom stereocenters. The molecular formula is C25H17BrClNO3. The highest BCUT2D eigenvalue weighted by Crippen LogP contribution is 2.29. The second-order valence-corrected chi connectivity index (χ2v) is 8.39. The van der Waals surface area contributed by atoms with Gasteiger partial charge in [-0.3, -0.25) is 4.79 Å². The van der Waals surface area contributed by atoms with Crippen LogP contribution in [0.4, 0.5) is 0 Å². The molecule has 0 aliphatic rings. The van der Waals surface area contributed by atoms with Gasteiger partial charge in [0.05, 0.1) is 21.8 Å². The first-order valence-corrected chi connectivity index (χ1v) is 10.7. The summed E-state index contributed by atoms with van der Waals surface area (Å²) in [4.78, 5) is 30.0. The number of carbonyl (C=O) groups excluding carboxylic acids is 2. The Labute approximate surface area is 193 Å². The number of ketones is 1. The first-order valence-electron chi connectivity index (χ1n) is 9.54. The molecule has 0 amide bonds. The Kier molecular flexibility index (Phi) is 6.16. The molecule has 0 fully saturated rings. The third-order valence-electron chi connectivity index (χ3n) is 4.86. The van der Waals surface area contributed by atoms with Gasteiger partial charge in [-0.15, -0.1) is 0 Å². The Morgan fingerprint density at radius 3 is 2.42 bits per heavy atom. The maximum Gasteiger partial charge on any atom is 0.339 e. The number of hydrogen-bond acceptors (Lipinski definition) is 4. The van der Waals surface area contributed by atoms with Crippen LogP contribution >= 0.6 is 27.5 Å². The van der Waals surface area contributed by atoms with Crippen LogP contribution in [-0.4, -0.2) is 23.3 Å². The zero-order chi connectivity index (χ0) is 22.0. The van der Waals surface area contributed by atoms with Crippen LogP contribution < -0.4 is 0 Å². The molecule has 0 aliphatic heterocycles. The SMILES string of the molecule is Cc1ccc(-c2cc(C(=O)OCC(=O)c3ccc(Br)cc3)c3cccc(Cl)c3n2)cc1. The highest BCUT2D eigenvalue weighted by Gasteiger charge is 2.18. The summed E-state index contributed by atoms with van der Waals surface area (Å²) in [6.07, 6.45) is 0. The normalized spacial score (nSPS) is 10.8. The van der Waals surface area contributed by atoms with Crippen molar-refractivity contribution in [1.29, 1.82) is 0 Å². The van der Waals surface area contributed by atoms with Crippen molar-refractivity contribution in [3.63, 3.8) is 0 Å². The van der Waals surface area contributed by atoms with Gasteiger partial charge in [-0.25, -0.2) is 9.78 Å². The number of rotatable bonds is 5. The molecule has 4 nitrogen and oxygen atoms in total. The van der Waals surface area contributed by atoms with Gasteiger partial charge in [0.25, 0.3) is 0 Å². The lowest BCUT2D eigenvalue weighted by atomic mass is 10.0. The molecule has 0 saturated heterocycles. The number of halogens is 2. The lowest BCUT2D eigenvalue weighted by Gasteiger charge is -2.11. The van der Waals surface area contributed by atoms with Crippen LogP contribution in [-0.2, 0) is 4.74 Å². The minimum absolute atomic E-state index is 0.281. The van der Waals surface area contributed by atoms with Crippen LogP contribution in [0, 0.1) is 6.92 Å². The van der Waals surface area contributed by atoms with E-state index < -0.39 is 5.97 Å². The number of carbonyl (C=O) groups is 2. The highest BCUT2D eigenvalue weighted by molar-refractivity contribution is 9.10. The second kappa shape index (κ2) is 9.00. The second-order valence-electron chi connectivity index (χ2n) is 7.06. The largest absolute Gasteiger partial charge is 0.454 e. The van der Waals surface area contributed by atoms with Gasteiger partial charge in [0.2, 0.25) is 0 Å². The highest BCUT2D eigenvalue weighted by atomic mass is 79.9. The van der Waals surface area contributed by atoms with Gasteiger partial charge in [-0.1, -0.05) is 81.6 Å². The van der Waals surface area contributed by atoms with Gasteiger partial charge in [0, 0.05) is 21.0 Å². The van der Waals surface area contributed by atoms with Gasteiger partial charge in [-0.2, -0.15) is 0 Å². The summed E-state index contributed by atoms with van der Waals surface area (Å²) < 4.78 is 6.23. The topological polar surface area (TPSA) is 56.3 Å². The summed E-state index contributed by atoms with van der Waals surface area (Å²) in [5.41, 5.74) is 3.87. The van der Waals surface area contributed by atoms with E-state index in [1.807, 2.05) is 31.2 Å². The number of para-hydroxylation sites is 1. The number of aryl methyl sites for hydroxylation is 1. The number of ether oxygens (including phenoxy) is 1. The summed E-state index contributed by atoms with van der Waals surface area (Å²) in [6.45, 7) is 1.64. The fourth-order valence-corrected chi connectivity index (χ4v) is 3.66. The number of esters is 1. The lowest BCUT2D eigenvalue weighted by Crippen LogP contribution is -2.15. The molecule has 3 aromatic carbocycles. The number of benzene rings is 3. The quantitative estimate of drug-likeness (QED) is 0.230. The van der Waals surface area contributed by atoms with Crippen molar-refractivity contribution in [1.82, 2.24) is 4.98 Å². The fourth-order valence-electron chi connectivity index (χ4n) is 3.18. The summed E-state index contributed by atoms with van der Waals surface area (Å²) in [6, 6.07) is 21.6. The van der Waals surface area contributed by atoms with E-state index in [9.17, 15) is 9.59 Å². The molecule has 0 atom stereocenters. The molecule has 4 aromatic rings. The predicted octanol–water partition coefficient (Wildman–Crippen LogP) is 6.67. The van der Waals surface area contributed by atoms with Crippen molar-refractivity contribution < 1.29 is 14.3 Å². The maximum atomic E-state index is 12.9. The molecule has 4 rings (SSSR count). The van der Waals surface area contributed by atoms with Crippen molar-refractivity contribution in [3.05, 3.63) is 99.0 Å². The van der Waals surface area contributed by atoms with Crippen LogP contribution in [0.5, 0.6) is 0 Å². The van der Waals surface area contributed by atoms with Gasteiger partial charge in [-0.05, 0) is 31.2 Å². The third-order valence-corrected chi connectivity index (χ3v) is 5.69. The molecule has 0 bridgehead atoms. The predicted molar refractivity (Wildman–Crippen MR) is 126 cm³/mol. The Balaban J connectivity index is 1.67. The van der Waals surface area contributed by atoms with E-state index in [2.05, 4.69) is 20.9 Å². The van der Waals surface area contributed by atoms with E-state index in [-0.39, 0.29) is 12.4 Å². The summed E-state index contributed by atoms with van der Waals surface area (Å²) >= 11 is 9.70. The smallest absolute Gasteiger partial charge is 0.339 e. The fraction of sp³-hybridized carbons (Fsp3) is 0.0800. The maximum absolute atomic E-state index is 12.9. The zero-order valence-corrected chi connectivity index (χ0v) is 18.9. The number of aromatic nitrogens is 1. The molecule has 154 valence electrons. The number of Topliss-reactive ketones (excluding diaryl/α,β-unsaturated/α-hetero) is 1. The van der Waals surface area contributed by atoms with Crippen LogP contribution in [0.15, 0.2) is 77.3 Å². The summed E-state index contributed by atoms with van der Waals surface area (Å²) in [7, 11) is 0. The number of pyridine rings is 1. The molecule has 1 heterocycles. The zero-order valence-electron chi connectivity index (χ0n) is 16.6. The monoisotopic (exact) mass is 493 g/mol. The molecule has 31 heavy (non-hydrogen) atoms. The van der Waals surface area contributed by atoms with E-state index in [0.717, 1.165) is 15.6 Å². The average Bonchev–Trinajstić information content (AvgIpc) is 2.78. The van der Waals surface area contributed by atoms with E-state index >= 15 is 0 Å². The van der Waals surface area contributed by atoms with Crippen LogP contribution in [0.2, 0.25) is 5.02 Å². The van der Waals surface area contributed by atoms with Crippen molar-refractivity contribution >= 4 is 50.2 Å². The van der Waals surface area contributed by atoms with Crippen molar-refractivity contribution in [2.45, 2.75) is 6.92 Å². The Bertz CT molecular complexity index is 1280. The Morgan fingerprint density at radius 2 is 1.71 bits per heavy atom. The molecule has 0 saturated carbocycles. The van der Waals surface area contributed by atoms with Crippen molar-refractivity contribution in [3.8, 4) is 11.3 Å². The van der Waals surface area contributed by atoms with Gasteiger partial charge >= 0.3 is 5.97 Å². The van der Waals surface area contributed by atoms with E-state index in [0.29, 0.717) is 32.7 Å². The molecule has 1 aromatic heterocycles. The van der Waals surface area contributed by atoms with E-state index in [1.54, 1.807) is 48.5 Å². The van der Waals surface area contributed by atoms with Crippen LogP contribution in [0.1, 0.15) is 26.3 Å². The third kappa shape index (κ3) is 4.68. The van der Waals surface area contributed by atoms with E-state index in [1.165, 1.54) is 0 Å². The number of nitrogens with zero attached hydrogens (tertiary/aromatic N) is 1. The first kappa shape index (κ1) is 21.2. The minimum atomic E-state index is -0.603. The average molecular weight is 495 g/mol. The summed E-state index contributed by atoms with van der Waals surface area (Å²) in [5.74, 6) is -0.885. The number of fused-ring (bicyclic) bond motifs is 1. The van der Waals surface area contributed by atoms with Crippen LogP contribution in [0.25, 0.3) is 22.2 Å². The number of hydrogen-bond donors (Lipinski definition) is 0. The molecule has 0 radical (unpaired) electrons. The van der Waals surface area contributed by atoms with Crippen LogP contribution in [0.3, 0.4) is 0 Å². The minimum Gasteiger partial charge on any atom is -0.454 e. The molecular weight excluding hydrogens is 478 g/mol. The first-order chi connectivity index (χ1) is 14.9. The van der Waals surface area contributed by atoms with Crippen molar-refractivity contribution in [2.24, 2.45) is 0 Å². The Hall–Kier alpha value is -3.02. The molecule has 6 heteroatoms. The Morgan fingerprint density at radius 1 is 1.00 bits per heavy atom. The van der Waals surface area contributed by atoms with Gasteiger partial charge in [0.15, 0.2) is 12.4 Å². The molecule has 0 spiro atoms. The lowest BCUT2D eigenvalue weighted by molar-refractivity contribution is 0.0476.